The van der Waals surface area contributed by atoms with Crippen LogP contribution in [0, 0.1) is 0 Å². The minimum Gasteiger partial charge on any atom is -0.497 e. The molecule has 2 fully saturated rings. The molecule has 3 nitrogen and oxygen atoms in total. The number of amides is 1. The number of carbonyl (C=O) groups is 1. The lowest BCUT2D eigenvalue weighted by atomic mass is 9.70. The van der Waals surface area contributed by atoms with E-state index < -0.39 is 0 Å². The molecule has 3 heteroatoms. The number of likely N-dealkylation sites (N-methyl/N-ethyl adjacent to an activating group) is 1. The van der Waals surface area contributed by atoms with Crippen molar-refractivity contribution in [1.29, 1.82) is 0 Å². The third kappa shape index (κ3) is 1.46. The van der Waals surface area contributed by atoms with E-state index in [1.807, 2.05) is 30.1 Å². The smallest absolute Gasteiger partial charge is 0.233 e. The number of nitrogens with zero attached hydrogens (tertiary/aromatic N) is 1. The van der Waals surface area contributed by atoms with Crippen molar-refractivity contribution in [3.63, 3.8) is 0 Å². The molecule has 0 aromatic heterocycles. The van der Waals surface area contributed by atoms with Gasteiger partial charge in [0, 0.05) is 13.1 Å². The molecular weight excluding hydrogens is 226 g/mol. The highest BCUT2D eigenvalue weighted by Crippen LogP contribution is 2.48. The van der Waals surface area contributed by atoms with Crippen LogP contribution in [0.3, 0.4) is 0 Å². The lowest BCUT2D eigenvalue weighted by Gasteiger charge is -2.30. The van der Waals surface area contributed by atoms with E-state index >= 15 is 0 Å². The number of benzene rings is 1. The second-order valence-corrected chi connectivity index (χ2v) is 5.48. The van der Waals surface area contributed by atoms with Crippen LogP contribution in [0.5, 0.6) is 5.75 Å². The van der Waals surface area contributed by atoms with E-state index in [-0.39, 0.29) is 5.41 Å². The average Bonchev–Trinajstić information content (AvgIpc) is 2.61. The summed E-state index contributed by atoms with van der Waals surface area (Å²) in [5.41, 5.74) is 0.840. The van der Waals surface area contributed by atoms with E-state index in [4.69, 9.17) is 4.74 Å². The highest BCUT2D eigenvalue weighted by atomic mass is 16.5. The van der Waals surface area contributed by atoms with E-state index in [9.17, 15) is 4.79 Å². The van der Waals surface area contributed by atoms with Crippen LogP contribution in [0.25, 0.3) is 0 Å². The molecule has 1 heterocycles. The van der Waals surface area contributed by atoms with Gasteiger partial charge in [0.2, 0.25) is 5.91 Å². The molecule has 1 saturated carbocycles. The normalized spacial score (nSPS) is 30.7. The first-order valence-corrected chi connectivity index (χ1v) is 6.59. The van der Waals surface area contributed by atoms with Gasteiger partial charge in [-0.15, -0.1) is 0 Å². The Morgan fingerprint density at radius 3 is 3.06 bits per heavy atom. The number of hydrogen-bond donors (Lipinski definition) is 0. The molecule has 1 aliphatic heterocycles. The molecule has 1 aliphatic carbocycles. The summed E-state index contributed by atoms with van der Waals surface area (Å²) < 4.78 is 5.29. The molecule has 1 amide bonds. The van der Waals surface area contributed by atoms with E-state index in [1.54, 1.807) is 7.11 Å². The van der Waals surface area contributed by atoms with Crippen LogP contribution in [-0.2, 0) is 10.2 Å². The fourth-order valence-electron chi connectivity index (χ4n) is 3.58. The Kier molecular flexibility index (Phi) is 2.58. The van der Waals surface area contributed by atoms with Gasteiger partial charge >= 0.3 is 0 Å². The van der Waals surface area contributed by atoms with Gasteiger partial charge in [-0.25, -0.2) is 0 Å². The topological polar surface area (TPSA) is 29.5 Å². The summed E-state index contributed by atoms with van der Waals surface area (Å²) in [7, 11) is 3.61. The van der Waals surface area contributed by atoms with Gasteiger partial charge in [-0.1, -0.05) is 12.1 Å². The van der Waals surface area contributed by atoms with Gasteiger partial charge in [0.25, 0.3) is 0 Å². The molecule has 3 rings (SSSR count). The number of methoxy groups -OCH3 is 1. The lowest BCUT2D eigenvalue weighted by Crippen LogP contribution is -2.35. The first-order chi connectivity index (χ1) is 8.67. The van der Waals surface area contributed by atoms with E-state index in [0.29, 0.717) is 11.9 Å². The van der Waals surface area contributed by atoms with Crippen LogP contribution >= 0.6 is 0 Å². The van der Waals surface area contributed by atoms with Crippen LogP contribution < -0.4 is 4.74 Å². The molecule has 2 aliphatic rings. The fraction of sp³-hybridized carbons (Fsp3) is 0.533. The van der Waals surface area contributed by atoms with E-state index in [2.05, 4.69) is 6.07 Å². The molecule has 1 aromatic rings. The van der Waals surface area contributed by atoms with Crippen molar-refractivity contribution in [2.24, 2.45) is 0 Å². The van der Waals surface area contributed by atoms with Crippen molar-refractivity contribution in [1.82, 2.24) is 4.90 Å². The van der Waals surface area contributed by atoms with Crippen molar-refractivity contribution in [3.05, 3.63) is 29.8 Å². The fourth-order valence-corrected chi connectivity index (χ4v) is 3.58. The molecule has 1 aromatic carbocycles. The monoisotopic (exact) mass is 245 g/mol. The minimum absolute atomic E-state index is 0.286. The quantitative estimate of drug-likeness (QED) is 0.800. The first kappa shape index (κ1) is 11.6. The predicted octanol–water partition coefficient (Wildman–Crippen LogP) is 2.35. The SMILES string of the molecule is COc1cccc([C@@]23CCCC(C2)N(C)C3=O)c1. The van der Waals surface area contributed by atoms with Crippen LogP contribution in [0.15, 0.2) is 24.3 Å². The summed E-state index contributed by atoms with van der Waals surface area (Å²) in [6.07, 6.45) is 4.22. The highest BCUT2D eigenvalue weighted by molar-refractivity contribution is 5.91. The van der Waals surface area contributed by atoms with Gasteiger partial charge in [0.15, 0.2) is 0 Å². The number of carbonyl (C=O) groups excluding carboxylic acids is 1. The number of fused-ring (bicyclic) bond motifs is 2. The van der Waals surface area contributed by atoms with Gasteiger partial charge in [-0.3, -0.25) is 4.79 Å². The summed E-state index contributed by atoms with van der Waals surface area (Å²) >= 11 is 0. The molecule has 1 unspecified atom stereocenters. The summed E-state index contributed by atoms with van der Waals surface area (Å²) in [6.45, 7) is 0. The average molecular weight is 245 g/mol. The van der Waals surface area contributed by atoms with E-state index in [0.717, 1.165) is 37.0 Å². The molecule has 1 saturated heterocycles. The number of likely N-dealkylation sites (tertiary alicyclic amines) is 1. The Bertz CT molecular complexity index is 485. The van der Waals surface area contributed by atoms with Gasteiger partial charge in [-0.05, 0) is 43.4 Å². The Labute approximate surface area is 108 Å². The number of ether oxygens (including phenoxy) is 1. The Balaban J connectivity index is 2.06. The van der Waals surface area contributed by atoms with Gasteiger partial charge in [0.05, 0.1) is 12.5 Å². The molecule has 0 radical (unpaired) electrons. The maximum atomic E-state index is 12.6. The van der Waals surface area contributed by atoms with Crippen molar-refractivity contribution in [2.75, 3.05) is 14.2 Å². The molecular formula is C15H19NO2. The van der Waals surface area contributed by atoms with E-state index in [1.165, 1.54) is 0 Å². The highest BCUT2D eigenvalue weighted by Gasteiger charge is 2.53. The lowest BCUT2D eigenvalue weighted by molar-refractivity contribution is -0.131. The summed E-state index contributed by atoms with van der Waals surface area (Å²) in [4.78, 5) is 14.5. The molecule has 2 atom stereocenters. The summed E-state index contributed by atoms with van der Waals surface area (Å²) in [5.74, 6) is 1.13. The predicted molar refractivity (Wildman–Crippen MR) is 69.7 cm³/mol. The van der Waals surface area contributed by atoms with Crippen molar-refractivity contribution >= 4 is 5.91 Å². The molecule has 18 heavy (non-hydrogen) atoms. The van der Waals surface area contributed by atoms with Crippen molar-refractivity contribution in [3.8, 4) is 5.75 Å². The van der Waals surface area contributed by atoms with Crippen LogP contribution in [0.2, 0.25) is 0 Å². The minimum atomic E-state index is -0.286. The Morgan fingerprint density at radius 2 is 2.28 bits per heavy atom. The maximum absolute atomic E-state index is 12.6. The largest absolute Gasteiger partial charge is 0.497 e. The Morgan fingerprint density at radius 1 is 1.44 bits per heavy atom. The first-order valence-electron chi connectivity index (χ1n) is 6.59. The second-order valence-electron chi connectivity index (χ2n) is 5.48. The third-order valence-electron chi connectivity index (χ3n) is 4.62. The number of hydrogen-bond acceptors (Lipinski definition) is 2. The van der Waals surface area contributed by atoms with Crippen LogP contribution in [0.4, 0.5) is 0 Å². The molecule has 2 bridgehead atoms. The molecule has 96 valence electrons. The maximum Gasteiger partial charge on any atom is 0.233 e. The Hall–Kier alpha value is -1.51. The third-order valence-corrected chi connectivity index (χ3v) is 4.62. The number of rotatable bonds is 2. The molecule has 0 spiro atoms. The summed E-state index contributed by atoms with van der Waals surface area (Å²) in [6, 6.07) is 8.45. The van der Waals surface area contributed by atoms with Gasteiger partial charge in [0.1, 0.15) is 5.75 Å². The van der Waals surface area contributed by atoms with Crippen molar-refractivity contribution < 1.29 is 9.53 Å². The zero-order valence-corrected chi connectivity index (χ0v) is 11.0. The zero-order valence-electron chi connectivity index (χ0n) is 11.0. The molecule has 0 N–H and O–H groups in total. The standard InChI is InChI=1S/C15H19NO2/c1-16-12-6-4-8-15(10-12,14(16)17)11-5-3-7-13(9-11)18-2/h3,5,7,9,12H,4,6,8,10H2,1-2H3/t12?,15-/m1/s1. The summed E-state index contributed by atoms with van der Waals surface area (Å²) in [5, 5.41) is 0. The zero-order chi connectivity index (χ0) is 12.8. The van der Waals surface area contributed by atoms with Crippen LogP contribution in [-0.4, -0.2) is 31.0 Å². The van der Waals surface area contributed by atoms with Crippen LogP contribution in [0.1, 0.15) is 31.2 Å². The van der Waals surface area contributed by atoms with Crippen molar-refractivity contribution in [2.45, 2.75) is 37.1 Å². The second kappa shape index (κ2) is 4.01. The van der Waals surface area contributed by atoms with Gasteiger partial charge < -0.3 is 9.64 Å². The van der Waals surface area contributed by atoms with Gasteiger partial charge in [-0.2, -0.15) is 0 Å².